The minimum Gasteiger partial charge on any atom is -0.299 e. The molecule has 17 heavy (non-hydrogen) atoms. The summed E-state index contributed by atoms with van der Waals surface area (Å²) in [5.41, 5.74) is 1.77. The van der Waals surface area contributed by atoms with Crippen LogP contribution in [-0.4, -0.2) is 16.3 Å². The van der Waals surface area contributed by atoms with Crippen molar-refractivity contribution >= 4 is 22.6 Å². The topological polar surface area (TPSA) is 39.1 Å². The number of Topliss-reactive ketones (excluding diaryl/α,β-unsaturated/α-hetero) is 1. The second-order valence-corrected chi connectivity index (χ2v) is 4.56. The smallest absolute Gasteiger partial charge is 0.231 e. The van der Waals surface area contributed by atoms with Crippen molar-refractivity contribution in [3.63, 3.8) is 0 Å². The maximum atomic E-state index is 12.0. The van der Waals surface area contributed by atoms with Crippen LogP contribution in [0.3, 0.4) is 0 Å². The fourth-order valence-corrected chi connectivity index (χ4v) is 2.65. The van der Waals surface area contributed by atoms with Gasteiger partial charge in [0.2, 0.25) is 5.91 Å². The predicted molar refractivity (Wildman–Crippen MR) is 65.2 cm³/mol. The average Bonchev–Trinajstić information content (AvgIpc) is 2.68. The van der Waals surface area contributed by atoms with Gasteiger partial charge in [0.05, 0.1) is 11.4 Å². The number of nitrogens with zero attached hydrogens (tertiary/aromatic N) is 1. The van der Waals surface area contributed by atoms with Crippen LogP contribution in [-0.2, 0) is 4.79 Å². The fraction of sp³-hybridized carbons (Fsp3) is 0.286. The van der Waals surface area contributed by atoms with Crippen LogP contribution in [0.15, 0.2) is 30.3 Å². The molecule has 0 amide bonds. The minimum atomic E-state index is -0.125. The summed E-state index contributed by atoms with van der Waals surface area (Å²) in [7, 11) is 0. The molecule has 1 atom stereocenters. The highest BCUT2D eigenvalue weighted by atomic mass is 16.2. The van der Waals surface area contributed by atoms with Crippen molar-refractivity contribution < 1.29 is 9.59 Å². The Balaban J connectivity index is 2.32. The molecule has 0 fully saturated rings. The molecule has 2 heterocycles. The van der Waals surface area contributed by atoms with E-state index in [0.29, 0.717) is 12.8 Å². The van der Waals surface area contributed by atoms with Gasteiger partial charge in [-0.15, -0.1) is 0 Å². The molecule has 0 spiro atoms. The van der Waals surface area contributed by atoms with E-state index in [0.717, 1.165) is 16.6 Å². The summed E-state index contributed by atoms with van der Waals surface area (Å²) >= 11 is 0. The molecule has 0 bridgehead atoms. The number of benzene rings is 1. The highest BCUT2D eigenvalue weighted by molar-refractivity contribution is 5.98. The Hall–Kier alpha value is -1.90. The third kappa shape index (κ3) is 1.42. The first-order valence-electron chi connectivity index (χ1n) is 5.82. The number of ketones is 1. The first-order chi connectivity index (χ1) is 8.18. The van der Waals surface area contributed by atoms with Crippen molar-refractivity contribution in [2.24, 2.45) is 0 Å². The highest BCUT2D eigenvalue weighted by Crippen LogP contribution is 2.33. The van der Waals surface area contributed by atoms with Crippen molar-refractivity contribution in [3.05, 3.63) is 36.0 Å². The first-order valence-corrected chi connectivity index (χ1v) is 5.82. The lowest BCUT2D eigenvalue weighted by atomic mass is 9.92. The van der Waals surface area contributed by atoms with E-state index in [9.17, 15) is 9.59 Å². The molecule has 0 N–H and O–H groups in total. The number of para-hydroxylation sites is 1. The molecular formula is C14H13NO2. The van der Waals surface area contributed by atoms with Crippen LogP contribution in [0.4, 0.5) is 0 Å². The molecule has 2 aromatic rings. The van der Waals surface area contributed by atoms with E-state index in [2.05, 4.69) is 0 Å². The largest absolute Gasteiger partial charge is 0.299 e. The summed E-state index contributed by atoms with van der Waals surface area (Å²) in [4.78, 5) is 23.6. The molecule has 1 unspecified atom stereocenters. The van der Waals surface area contributed by atoms with Gasteiger partial charge in [-0.25, -0.2) is 0 Å². The van der Waals surface area contributed by atoms with Crippen LogP contribution in [0.25, 0.3) is 10.9 Å². The van der Waals surface area contributed by atoms with Crippen molar-refractivity contribution in [2.45, 2.75) is 25.7 Å². The average molecular weight is 227 g/mol. The number of carbonyl (C=O) groups excluding carboxylic acids is 2. The molecule has 0 aliphatic carbocycles. The zero-order valence-electron chi connectivity index (χ0n) is 9.64. The number of hydrogen-bond acceptors (Lipinski definition) is 2. The molecule has 1 aliphatic heterocycles. The lowest BCUT2D eigenvalue weighted by molar-refractivity contribution is -0.118. The summed E-state index contributed by atoms with van der Waals surface area (Å²) in [5.74, 6) is 0.111. The summed E-state index contributed by atoms with van der Waals surface area (Å²) in [6.07, 6.45) is 1.10. The molecular weight excluding hydrogens is 214 g/mol. The molecule has 3 heteroatoms. The molecule has 1 aliphatic rings. The number of aromatic nitrogens is 1. The molecule has 0 saturated carbocycles. The van der Waals surface area contributed by atoms with Gasteiger partial charge in [0.1, 0.15) is 5.78 Å². The second-order valence-electron chi connectivity index (χ2n) is 4.56. The third-order valence-electron chi connectivity index (χ3n) is 3.48. The van der Waals surface area contributed by atoms with Crippen LogP contribution in [0.2, 0.25) is 0 Å². The normalized spacial score (nSPS) is 19.4. The number of rotatable bonds is 1. The Labute approximate surface area is 99.0 Å². The van der Waals surface area contributed by atoms with Gasteiger partial charge in [-0.1, -0.05) is 18.2 Å². The number of hydrogen-bond donors (Lipinski definition) is 0. The van der Waals surface area contributed by atoms with E-state index in [1.54, 1.807) is 11.5 Å². The molecule has 3 nitrogen and oxygen atoms in total. The van der Waals surface area contributed by atoms with E-state index < -0.39 is 0 Å². The van der Waals surface area contributed by atoms with Crippen LogP contribution >= 0.6 is 0 Å². The lowest BCUT2D eigenvalue weighted by Crippen LogP contribution is -2.25. The summed E-state index contributed by atoms with van der Waals surface area (Å²) in [6, 6.07) is 9.74. The zero-order valence-corrected chi connectivity index (χ0v) is 9.64. The van der Waals surface area contributed by atoms with E-state index in [1.807, 2.05) is 30.3 Å². The second kappa shape index (κ2) is 3.55. The molecule has 3 rings (SSSR count). The van der Waals surface area contributed by atoms with Gasteiger partial charge in [-0.2, -0.15) is 0 Å². The van der Waals surface area contributed by atoms with E-state index >= 15 is 0 Å². The quantitative estimate of drug-likeness (QED) is 0.751. The molecule has 0 radical (unpaired) electrons. The van der Waals surface area contributed by atoms with Gasteiger partial charge in [0.15, 0.2) is 0 Å². The Morgan fingerprint density at radius 3 is 2.88 bits per heavy atom. The Morgan fingerprint density at radius 2 is 2.12 bits per heavy atom. The zero-order chi connectivity index (χ0) is 12.0. The molecule has 1 aromatic heterocycles. The third-order valence-corrected chi connectivity index (χ3v) is 3.48. The van der Waals surface area contributed by atoms with Gasteiger partial charge >= 0.3 is 0 Å². The summed E-state index contributed by atoms with van der Waals surface area (Å²) < 4.78 is 1.71. The van der Waals surface area contributed by atoms with Crippen LogP contribution in [0.1, 0.15) is 36.2 Å². The van der Waals surface area contributed by atoms with Gasteiger partial charge in [-0.3, -0.25) is 14.2 Å². The minimum absolute atomic E-state index is 0.0960. The van der Waals surface area contributed by atoms with Crippen molar-refractivity contribution in [1.82, 2.24) is 4.57 Å². The Bertz CT molecular complexity index is 624. The van der Waals surface area contributed by atoms with E-state index in [-0.39, 0.29) is 17.6 Å². The maximum absolute atomic E-state index is 12.0. The SMILES string of the molecule is CC(=O)C1CCC(=O)n2c1cc1ccccc12. The van der Waals surface area contributed by atoms with Crippen LogP contribution in [0.5, 0.6) is 0 Å². The lowest BCUT2D eigenvalue weighted by Gasteiger charge is -2.21. The van der Waals surface area contributed by atoms with Gasteiger partial charge < -0.3 is 0 Å². The molecule has 86 valence electrons. The first kappa shape index (κ1) is 10.3. The predicted octanol–water partition coefficient (Wildman–Crippen LogP) is 2.75. The van der Waals surface area contributed by atoms with Crippen LogP contribution < -0.4 is 0 Å². The standard InChI is InChI=1S/C14H13NO2/c1-9(16)11-6-7-14(17)15-12-5-3-2-4-10(12)8-13(11)15/h2-5,8,11H,6-7H2,1H3. The van der Waals surface area contributed by atoms with Gasteiger partial charge in [0, 0.05) is 17.5 Å². The summed E-state index contributed by atoms with van der Waals surface area (Å²) in [5, 5.41) is 1.03. The monoisotopic (exact) mass is 227 g/mol. The van der Waals surface area contributed by atoms with Crippen molar-refractivity contribution in [2.75, 3.05) is 0 Å². The Morgan fingerprint density at radius 1 is 1.35 bits per heavy atom. The molecule has 0 saturated heterocycles. The number of fused-ring (bicyclic) bond motifs is 3. The highest BCUT2D eigenvalue weighted by Gasteiger charge is 2.29. The van der Waals surface area contributed by atoms with Crippen molar-refractivity contribution in [3.8, 4) is 0 Å². The maximum Gasteiger partial charge on any atom is 0.231 e. The van der Waals surface area contributed by atoms with Gasteiger partial charge in [0.25, 0.3) is 0 Å². The Kier molecular flexibility index (Phi) is 2.15. The van der Waals surface area contributed by atoms with E-state index in [1.165, 1.54) is 0 Å². The number of carbonyl (C=O) groups is 2. The van der Waals surface area contributed by atoms with E-state index in [4.69, 9.17) is 0 Å². The fourth-order valence-electron chi connectivity index (χ4n) is 2.65. The van der Waals surface area contributed by atoms with Crippen molar-refractivity contribution in [1.29, 1.82) is 0 Å². The van der Waals surface area contributed by atoms with Gasteiger partial charge in [-0.05, 0) is 25.5 Å². The van der Waals surface area contributed by atoms with Crippen LogP contribution in [0, 0.1) is 0 Å². The molecule has 1 aromatic carbocycles. The summed E-state index contributed by atoms with van der Waals surface area (Å²) in [6.45, 7) is 1.60.